The second-order valence-electron chi connectivity index (χ2n) is 4.98. The van der Waals surface area contributed by atoms with E-state index >= 15 is 0 Å². The second kappa shape index (κ2) is 4.91. The lowest BCUT2D eigenvalue weighted by Crippen LogP contribution is -2.41. The van der Waals surface area contributed by atoms with E-state index in [1.165, 1.54) is 0 Å². The normalized spacial score (nSPS) is 24.5. The van der Waals surface area contributed by atoms with E-state index in [1.807, 2.05) is 45.0 Å². The van der Waals surface area contributed by atoms with Crippen LogP contribution in [0.4, 0.5) is 0 Å². The highest BCUT2D eigenvalue weighted by Gasteiger charge is 2.44. The van der Waals surface area contributed by atoms with Gasteiger partial charge in [0.05, 0.1) is 7.11 Å². The summed E-state index contributed by atoms with van der Waals surface area (Å²) in [6.07, 6.45) is 0. The zero-order valence-electron chi connectivity index (χ0n) is 11.7. The van der Waals surface area contributed by atoms with E-state index in [2.05, 4.69) is 15.6 Å². The van der Waals surface area contributed by atoms with Gasteiger partial charge >= 0.3 is 0 Å². The molecular weight excluding hydrogens is 242 g/mol. The summed E-state index contributed by atoms with van der Waals surface area (Å²) >= 11 is 0. The number of guanidine groups is 1. The number of ether oxygens (including phenoxy) is 1. The monoisotopic (exact) mass is 261 g/mol. The van der Waals surface area contributed by atoms with E-state index in [9.17, 15) is 4.79 Å². The molecule has 1 aliphatic heterocycles. The predicted molar refractivity (Wildman–Crippen MR) is 74.2 cm³/mol. The minimum atomic E-state index is -0.861. The molecule has 1 amide bonds. The van der Waals surface area contributed by atoms with Gasteiger partial charge in [-0.3, -0.25) is 15.1 Å². The lowest BCUT2D eigenvalue weighted by atomic mass is 9.91. The Labute approximate surface area is 113 Å². The number of methoxy groups -OCH3 is 1. The molecule has 1 aromatic carbocycles. The maximum atomic E-state index is 12.2. The van der Waals surface area contributed by atoms with E-state index in [-0.39, 0.29) is 11.9 Å². The molecule has 1 saturated heterocycles. The molecule has 5 nitrogen and oxygen atoms in total. The number of nitrogens with zero attached hydrogens (tertiary/aromatic N) is 1. The largest absolute Gasteiger partial charge is 0.496 e. The fraction of sp³-hybridized carbons (Fsp3) is 0.429. The van der Waals surface area contributed by atoms with Crippen molar-refractivity contribution in [1.29, 1.82) is 0 Å². The Balaban J connectivity index is 2.41. The molecule has 2 N–H and O–H groups in total. The standard InChI is InChI=1S/C14H19N3O2/c1-9(2)15-13-16-12(18)14(3,17-13)10-7-5-6-8-11(10)19-4/h5-9H,1-4H3,(H2,15,16,17,18). The zero-order chi connectivity index (χ0) is 14.0. The van der Waals surface area contributed by atoms with Crippen LogP contribution in [-0.2, 0) is 10.3 Å². The summed E-state index contributed by atoms with van der Waals surface area (Å²) < 4.78 is 5.33. The van der Waals surface area contributed by atoms with Gasteiger partial charge in [0.1, 0.15) is 11.3 Å². The highest BCUT2D eigenvalue weighted by atomic mass is 16.5. The topological polar surface area (TPSA) is 62.7 Å². The van der Waals surface area contributed by atoms with Crippen molar-refractivity contribution in [3.8, 4) is 5.75 Å². The predicted octanol–water partition coefficient (Wildman–Crippen LogP) is 1.39. The van der Waals surface area contributed by atoms with Crippen LogP contribution in [0.1, 0.15) is 26.3 Å². The van der Waals surface area contributed by atoms with Crippen molar-refractivity contribution in [1.82, 2.24) is 10.6 Å². The Bertz CT molecular complexity index is 525. The fourth-order valence-electron chi connectivity index (χ4n) is 2.13. The zero-order valence-corrected chi connectivity index (χ0v) is 11.7. The lowest BCUT2D eigenvalue weighted by Gasteiger charge is -2.23. The third-order valence-electron chi connectivity index (χ3n) is 3.09. The van der Waals surface area contributed by atoms with Crippen LogP contribution in [-0.4, -0.2) is 25.0 Å². The summed E-state index contributed by atoms with van der Waals surface area (Å²) in [5, 5.41) is 5.92. The Kier molecular flexibility index (Phi) is 3.46. The minimum Gasteiger partial charge on any atom is -0.496 e. The summed E-state index contributed by atoms with van der Waals surface area (Å²) in [4.78, 5) is 16.6. The molecule has 0 bridgehead atoms. The van der Waals surface area contributed by atoms with E-state index in [1.54, 1.807) is 7.11 Å². The van der Waals surface area contributed by atoms with E-state index in [0.29, 0.717) is 11.7 Å². The molecule has 0 aromatic heterocycles. The number of carbonyl (C=O) groups excluding carboxylic acids is 1. The molecule has 19 heavy (non-hydrogen) atoms. The molecule has 5 heteroatoms. The van der Waals surface area contributed by atoms with Crippen LogP contribution in [0.25, 0.3) is 0 Å². The van der Waals surface area contributed by atoms with E-state index in [4.69, 9.17) is 4.74 Å². The van der Waals surface area contributed by atoms with Gasteiger partial charge in [-0.25, -0.2) is 0 Å². The van der Waals surface area contributed by atoms with Gasteiger partial charge in [-0.2, -0.15) is 0 Å². The first-order chi connectivity index (χ1) is 8.97. The first kappa shape index (κ1) is 13.4. The molecule has 0 saturated carbocycles. The first-order valence-electron chi connectivity index (χ1n) is 6.28. The molecule has 1 heterocycles. The summed E-state index contributed by atoms with van der Waals surface area (Å²) in [5.41, 5.74) is -0.0655. The van der Waals surface area contributed by atoms with Gasteiger partial charge in [0.15, 0.2) is 5.96 Å². The molecule has 1 aliphatic rings. The number of rotatable bonds is 3. The molecule has 2 rings (SSSR count). The Hall–Kier alpha value is -2.04. The number of para-hydroxylation sites is 1. The summed E-state index contributed by atoms with van der Waals surface area (Å²) in [6.45, 7) is 5.74. The van der Waals surface area contributed by atoms with Crippen LogP contribution < -0.4 is 15.4 Å². The second-order valence-corrected chi connectivity index (χ2v) is 4.98. The smallest absolute Gasteiger partial charge is 0.256 e. The molecule has 1 unspecified atom stereocenters. The molecule has 0 radical (unpaired) electrons. The van der Waals surface area contributed by atoms with Crippen LogP contribution >= 0.6 is 0 Å². The van der Waals surface area contributed by atoms with Crippen molar-refractivity contribution in [3.63, 3.8) is 0 Å². The minimum absolute atomic E-state index is 0.114. The summed E-state index contributed by atoms with van der Waals surface area (Å²) in [7, 11) is 1.60. The first-order valence-corrected chi connectivity index (χ1v) is 6.28. The Morgan fingerprint density at radius 1 is 1.32 bits per heavy atom. The Morgan fingerprint density at radius 2 is 2.00 bits per heavy atom. The SMILES string of the molecule is COc1ccccc1C1(C)NC(=NC(C)C)NC1=O. The number of benzene rings is 1. The van der Waals surface area contributed by atoms with Gasteiger partial charge in [-0.15, -0.1) is 0 Å². The molecule has 0 spiro atoms. The maximum Gasteiger partial charge on any atom is 0.256 e. The highest BCUT2D eigenvalue weighted by molar-refractivity contribution is 6.09. The number of aliphatic imine (C=N–C) groups is 1. The van der Waals surface area contributed by atoms with Crippen LogP contribution in [0.5, 0.6) is 5.75 Å². The molecular formula is C14H19N3O2. The van der Waals surface area contributed by atoms with Crippen molar-refractivity contribution in [2.45, 2.75) is 32.4 Å². The highest BCUT2D eigenvalue weighted by Crippen LogP contribution is 2.31. The van der Waals surface area contributed by atoms with Gasteiger partial charge in [0.25, 0.3) is 5.91 Å². The van der Waals surface area contributed by atoms with Gasteiger partial charge in [0, 0.05) is 11.6 Å². The fourth-order valence-corrected chi connectivity index (χ4v) is 2.13. The van der Waals surface area contributed by atoms with Gasteiger partial charge < -0.3 is 10.1 Å². The van der Waals surface area contributed by atoms with Gasteiger partial charge in [0.2, 0.25) is 0 Å². The van der Waals surface area contributed by atoms with Crippen LogP contribution in [0.2, 0.25) is 0 Å². The van der Waals surface area contributed by atoms with Crippen molar-refractivity contribution >= 4 is 11.9 Å². The average Bonchev–Trinajstić information content (AvgIpc) is 2.64. The molecule has 102 valence electrons. The number of carbonyl (C=O) groups is 1. The van der Waals surface area contributed by atoms with Crippen LogP contribution in [0.15, 0.2) is 29.3 Å². The quantitative estimate of drug-likeness (QED) is 0.864. The Morgan fingerprint density at radius 3 is 2.63 bits per heavy atom. The van der Waals surface area contributed by atoms with Gasteiger partial charge in [-0.05, 0) is 26.8 Å². The lowest BCUT2D eigenvalue weighted by molar-refractivity contribution is -0.123. The molecule has 1 fully saturated rings. The molecule has 0 aliphatic carbocycles. The van der Waals surface area contributed by atoms with Crippen molar-refractivity contribution in [2.24, 2.45) is 4.99 Å². The van der Waals surface area contributed by atoms with Crippen LogP contribution in [0, 0.1) is 0 Å². The third kappa shape index (κ3) is 2.41. The van der Waals surface area contributed by atoms with E-state index < -0.39 is 5.54 Å². The van der Waals surface area contributed by atoms with Crippen molar-refractivity contribution in [2.75, 3.05) is 7.11 Å². The third-order valence-corrected chi connectivity index (χ3v) is 3.09. The average molecular weight is 261 g/mol. The number of hydrogen-bond donors (Lipinski definition) is 2. The van der Waals surface area contributed by atoms with Crippen molar-refractivity contribution in [3.05, 3.63) is 29.8 Å². The summed E-state index contributed by atoms with van der Waals surface area (Å²) in [5.74, 6) is 1.06. The number of hydrogen-bond acceptors (Lipinski definition) is 3. The maximum absolute atomic E-state index is 12.2. The van der Waals surface area contributed by atoms with Gasteiger partial charge in [-0.1, -0.05) is 18.2 Å². The summed E-state index contributed by atoms with van der Waals surface area (Å²) in [6, 6.07) is 7.59. The van der Waals surface area contributed by atoms with E-state index in [0.717, 1.165) is 5.56 Å². The number of nitrogens with one attached hydrogen (secondary N) is 2. The van der Waals surface area contributed by atoms with Crippen LogP contribution in [0.3, 0.4) is 0 Å². The van der Waals surface area contributed by atoms with Crippen molar-refractivity contribution < 1.29 is 9.53 Å². The number of amides is 1. The molecule has 1 aromatic rings. The molecule has 1 atom stereocenters.